The molecule has 1 aromatic carbocycles. The summed E-state index contributed by atoms with van der Waals surface area (Å²) in [5.41, 5.74) is 2.68. The predicted octanol–water partition coefficient (Wildman–Crippen LogP) is 3.43. The number of halogens is 3. The van der Waals surface area contributed by atoms with Gasteiger partial charge in [0.1, 0.15) is 0 Å². The quantitative estimate of drug-likeness (QED) is 0.502. The molecule has 0 radical (unpaired) electrons. The van der Waals surface area contributed by atoms with E-state index in [1.165, 1.54) is 6.07 Å². The largest absolute Gasteiger partial charge is 0.271 e. The highest BCUT2D eigenvalue weighted by atomic mass is 19.2. The first-order chi connectivity index (χ1) is 9.04. The van der Waals surface area contributed by atoms with Crippen molar-refractivity contribution in [3.8, 4) is 0 Å². The molecule has 1 aliphatic carbocycles. The molecule has 1 saturated carbocycles. The van der Waals surface area contributed by atoms with Crippen molar-refractivity contribution in [3.05, 3.63) is 35.1 Å². The molecule has 106 valence electrons. The van der Waals surface area contributed by atoms with Gasteiger partial charge in [0.15, 0.2) is 17.5 Å². The number of hydrogen-bond donors (Lipinski definition) is 2. The Balaban J connectivity index is 2.29. The summed E-state index contributed by atoms with van der Waals surface area (Å²) in [6.45, 7) is 2.14. The molecule has 2 nitrogen and oxygen atoms in total. The van der Waals surface area contributed by atoms with Gasteiger partial charge < -0.3 is 0 Å². The molecule has 3 N–H and O–H groups in total. The van der Waals surface area contributed by atoms with Crippen molar-refractivity contribution < 1.29 is 13.2 Å². The molecule has 19 heavy (non-hydrogen) atoms. The lowest BCUT2D eigenvalue weighted by molar-refractivity contribution is 0.220. The molecule has 1 fully saturated rings. The lowest BCUT2D eigenvalue weighted by Gasteiger charge is -2.33. The van der Waals surface area contributed by atoms with Crippen LogP contribution < -0.4 is 11.3 Å². The molecule has 5 heteroatoms. The average Bonchev–Trinajstić information content (AvgIpc) is 2.40. The molecular weight excluding hydrogens is 253 g/mol. The van der Waals surface area contributed by atoms with Crippen LogP contribution >= 0.6 is 0 Å². The fourth-order valence-corrected chi connectivity index (χ4v) is 3.04. The SMILES string of the molecule is CC1CCCC(C(NN)c2ccc(F)c(F)c2F)C1. The van der Waals surface area contributed by atoms with E-state index in [2.05, 4.69) is 12.3 Å². The van der Waals surface area contributed by atoms with Crippen molar-refractivity contribution in [1.29, 1.82) is 0 Å². The number of benzene rings is 1. The minimum absolute atomic E-state index is 0.112. The van der Waals surface area contributed by atoms with E-state index in [1.54, 1.807) is 0 Å². The highest BCUT2D eigenvalue weighted by Gasteiger charge is 2.30. The van der Waals surface area contributed by atoms with Gasteiger partial charge in [0.25, 0.3) is 0 Å². The third-order valence-corrected chi connectivity index (χ3v) is 4.03. The highest BCUT2D eigenvalue weighted by molar-refractivity contribution is 5.24. The normalized spacial score (nSPS) is 25.3. The number of hydrogen-bond acceptors (Lipinski definition) is 2. The second-order valence-electron chi connectivity index (χ2n) is 5.44. The summed E-state index contributed by atoms with van der Waals surface area (Å²) in [5, 5.41) is 0. The van der Waals surface area contributed by atoms with E-state index in [1.807, 2.05) is 0 Å². The van der Waals surface area contributed by atoms with Gasteiger partial charge in [-0.25, -0.2) is 13.2 Å². The first-order valence-electron chi connectivity index (χ1n) is 6.64. The summed E-state index contributed by atoms with van der Waals surface area (Å²) < 4.78 is 40.1. The Kier molecular flexibility index (Phi) is 4.47. The van der Waals surface area contributed by atoms with E-state index in [9.17, 15) is 13.2 Å². The molecule has 3 unspecified atom stereocenters. The van der Waals surface area contributed by atoms with Crippen molar-refractivity contribution in [2.24, 2.45) is 17.7 Å². The van der Waals surface area contributed by atoms with Gasteiger partial charge in [-0.15, -0.1) is 0 Å². The van der Waals surface area contributed by atoms with Crippen LogP contribution in [0.2, 0.25) is 0 Å². The summed E-state index contributed by atoms with van der Waals surface area (Å²) in [6, 6.07) is 1.75. The summed E-state index contributed by atoms with van der Waals surface area (Å²) in [4.78, 5) is 0. The molecule has 2 rings (SSSR count). The van der Waals surface area contributed by atoms with Crippen molar-refractivity contribution in [2.45, 2.75) is 38.6 Å². The van der Waals surface area contributed by atoms with Gasteiger partial charge in [-0.05, 0) is 30.7 Å². The molecule has 1 aliphatic rings. The Morgan fingerprint density at radius 3 is 2.58 bits per heavy atom. The van der Waals surface area contributed by atoms with Crippen LogP contribution in [0.15, 0.2) is 12.1 Å². The second kappa shape index (κ2) is 5.92. The van der Waals surface area contributed by atoms with Crippen LogP contribution in [0.5, 0.6) is 0 Å². The lowest BCUT2D eigenvalue weighted by atomic mass is 9.77. The van der Waals surface area contributed by atoms with Crippen molar-refractivity contribution in [3.63, 3.8) is 0 Å². The number of nitrogens with one attached hydrogen (secondary N) is 1. The zero-order valence-corrected chi connectivity index (χ0v) is 10.9. The van der Waals surface area contributed by atoms with E-state index in [0.29, 0.717) is 5.92 Å². The molecule has 0 aromatic heterocycles. The molecule has 0 spiro atoms. The Hall–Kier alpha value is -1.07. The third-order valence-electron chi connectivity index (χ3n) is 4.03. The minimum atomic E-state index is -1.43. The Bertz CT molecular complexity index is 451. The Labute approximate surface area is 111 Å². The fourth-order valence-electron chi connectivity index (χ4n) is 3.04. The van der Waals surface area contributed by atoms with Gasteiger partial charge in [0.05, 0.1) is 6.04 Å². The molecule has 0 saturated heterocycles. The Morgan fingerprint density at radius 1 is 1.21 bits per heavy atom. The van der Waals surface area contributed by atoms with Crippen LogP contribution in [-0.2, 0) is 0 Å². The van der Waals surface area contributed by atoms with Crippen molar-refractivity contribution >= 4 is 0 Å². The van der Waals surface area contributed by atoms with E-state index in [-0.39, 0.29) is 11.5 Å². The van der Waals surface area contributed by atoms with E-state index in [4.69, 9.17) is 5.84 Å². The van der Waals surface area contributed by atoms with Crippen molar-refractivity contribution in [2.75, 3.05) is 0 Å². The highest BCUT2D eigenvalue weighted by Crippen LogP contribution is 2.37. The number of rotatable bonds is 3. The van der Waals surface area contributed by atoms with E-state index < -0.39 is 23.5 Å². The third kappa shape index (κ3) is 2.92. The van der Waals surface area contributed by atoms with Crippen LogP contribution in [0.25, 0.3) is 0 Å². The van der Waals surface area contributed by atoms with E-state index >= 15 is 0 Å². The number of nitrogens with two attached hydrogens (primary N) is 1. The van der Waals surface area contributed by atoms with Crippen LogP contribution in [0.3, 0.4) is 0 Å². The molecule has 0 amide bonds. The fraction of sp³-hybridized carbons (Fsp3) is 0.571. The maximum atomic E-state index is 13.8. The molecule has 3 atom stereocenters. The zero-order valence-electron chi connectivity index (χ0n) is 10.9. The number of hydrazine groups is 1. The second-order valence-corrected chi connectivity index (χ2v) is 5.44. The topological polar surface area (TPSA) is 38.0 Å². The minimum Gasteiger partial charge on any atom is -0.271 e. The first-order valence-corrected chi connectivity index (χ1v) is 6.64. The molecule has 0 heterocycles. The van der Waals surface area contributed by atoms with Gasteiger partial charge in [0.2, 0.25) is 0 Å². The summed E-state index contributed by atoms with van der Waals surface area (Å²) >= 11 is 0. The summed E-state index contributed by atoms with van der Waals surface area (Å²) in [6.07, 6.45) is 4.02. The monoisotopic (exact) mass is 272 g/mol. The Morgan fingerprint density at radius 2 is 1.95 bits per heavy atom. The van der Waals surface area contributed by atoms with Gasteiger partial charge in [0, 0.05) is 5.56 Å². The zero-order chi connectivity index (χ0) is 14.0. The maximum Gasteiger partial charge on any atom is 0.194 e. The van der Waals surface area contributed by atoms with Crippen LogP contribution in [-0.4, -0.2) is 0 Å². The molecule has 0 aliphatic heterocycles. The van der Waals surface area contributed by atoms with Crippen LogP contribution in [0.1, 0.15) is 44.2 Å². The van der Waals surface area contributed by atoms with Crippen molar-refractivity contribution in [1.82, 2.24) is 5.43 Å². The summed E-state index contributed by atoms with van der Waals surface area (Å²) in [5.74, 6) is 2.46. The lowest BCUT2D eigenvalue weighted by Crippen LogP contribution is -2.36. The molecule has 1 aromatic rings. The van der Waals surface area contributed by atoms with Crippen LogP contribution in [0.4, 0.5) is 13.2 Å². The standard InChI is InChI=1S/C14H19F3N2/c1-8-3-2-4-9(7-8)14(19-18)10-5-6-11(15)13(17)12(10)16/h5-6,8-9,14,19H,2-4,7,18H2,1H3. The average molecular weight is 272 g/mol. The molecular formula is C14H19F3N2. The molecule has 0 bridgehead atoms. The predicted molar refractivity (Wildman–Crippen MR) is 67.5 cm³/mol. The first kappa shape index (κ1) is 14.3. The summed E-state index contributed by atoms with van der Waals surface area (Å²) in [7, 11) is 0. The van der Waals surface area contributed by atoms with Gasteiger partial charge >= 0.3 is 0 Å². The smallest absolute Gasteiger partial charge is 0.194 e. The van der Waals surface area contributed by atoms with Crippen LogP contribution in [0, 0.1) is 29.3 Å². The van der Waals surface area contributed by atoms with Gasteiger partial charge in [-0.2, -0.15) is 0 Å². The van der Waals surface area contributed by atoms with Gasteiger partial charge in [-0.1, -0.05) is 25.8 Å². The van der Waals surface area contributed by atoms with Gasteiger partial charge in [-0.3, -0.25) is 11.3 Å². The van der Waals surface area contributed by atoms with E-state index in [0.717, 1.165) is 31.7 Å². The maximum absolute atomic E-state index is 13.8.